The zero-order chi connectivity index (χ0) is 14.7. The van der Waals surface area contributed by atoms with Crippen molar-refractivity contribution in [1.29, 1.82) is 0 Å². The minimum absolute atomic E-state index is 0.0998. The molecule has 2 amide bonds. The Morgan fingerprint density at radius 3 is 2.65 bits per heavy atom. The molecule has 1 aliphatic heterocycles. The Morgan fingerprint density at radius 1 is 1.30 bits per heavy atom. The lowest BCUT2D eigenvalue weighted by molar-refractivity contribution is -0.128. The van der Waals surface area contributed by atoms with Gasteiger partial charge in [0.15, 0.2) is 0 Å². The van der Waals surface area contributed by atoms with Gasteiger partial charge >= 0.3 is 0 Å². The number of rotatable bonds is 5. The van der Waals surface area contributed by atoms with Gasteiger partial charge in [-0.05, 0) is 24.6 Å². The van der Waals surface area contributed by atoms with E-state index in [-0.39, 0.29) is 17.9 Å². The van der Waals surface area contributed by atoms with Crippen molar-refractivity contribution in [2.75, 3.05) is 13.6 Å². The third kappa shape index (κ3) is 2.75. The van der Waals surface area contributed by atoms with Gasteiger partial charge < -0.3 is 5.32 Å². The van der Waals surface area contributed by atoms with Crippen molar-refractivity contribution >= 4 is 11.8 Å². The fourth-order valence-corrected chi connectivity index (χ4v) is 2.62. The van der Waals surface area contributed by atoms with Crippen LogP contribution < -0.4 is 5.32 Å². The Morgan fingerprint density at radius 2 is 2.00 bits per heavy atom. The first kappa shape index (κ1) is 14.7. The largest absolute Gasteiger partial charge is 0.315 e. The van der Waals surface area contributed by atoms with E-state index in [1.807, 2.05) is 25.2 Å². The van der Waals surface area contributed by atoms with Gasteiger partial charge in [-0.3, -0.25) is 14.5 Å². The molecule has 0 aromatic heterocycles. The van der Waals surface area contributed by atoms with E-state index in [9.17, 15) is 9.59 Å². The van der Waals surface area contributed by atoms with Crippen LogP contribution in [0.25, 0.3) is 0 Å². The van der Waals surface area contributed by atoms with Gasteiger partial charge in [0, 0.05) is 18.2 Å². The molecule has 0 radical (unpaired) electrons. The molecule has 1 N–H and O–H groups in total. The number of hydrogen-bond acceptors (Lipinski definition) is 3. The third-order valence-electron chi connectivity index (χ3n) is 4.22. The van der Waals surface area contributed by atoms with Crippen LogP contribution in [-0.2, 0) is 11.2 Å². The number of carbonyl (C=O) groups is 2. The first-order chi connectivity index (χ1) is 9.58. The van der Waals surface area contributed by atoms with E-state index in [0.717, 1.165) is 12.0 Å². The standard InChI is InChI=1S/C16H22N2O2/c1-4-11(2)14(17-3)10-18-15(19)9-12-7-5-6-8-13(12)16(18)20/h5-8,11,14,17H,4,9-10H2,1-3H3. The molecule has 0 saturated heterocycles. The summed E-state index contributed by atoms with van der Waals surface area (Å²) in [6, 6.07) is 7.50. The Kier molecular flexibility index (Phi) is 4.55. The first-order valence-corrected chi connectivity index (χ1v) is 7.18. The molecule has 0 saturated carbocycles. The lowest BCUT2D eigenvalue weighted by atomic mass is 9.95. The number of likely N-dealkylation sites (N-methyl/N-ethyl adjacent to an activating group) is 1. The second-order valence-electron chi connectivity index (χ2n) is 5.42. The Hall–Kier alpha value is -1.68. The molecule has 1 aromatic carbocycles. The molecule has 20 heavy (non-hydrogen) atoms. The first-order valence-electron chi connectivity index (χ1n) is 7.18. The predicted octanol–water partition coefficient (Wildman–Crippen LogP) is 1.85. The number of nitrogens with one attached hydrogen (secondary N) is 1. The van der Waals surface area contributed by atoms with Crippen molar-refractivity contribution in [3.63, 3.8) is 0 Å². The van der Waals surface area contributed by atoms with Gasteiger partial charge in [0.2, 0.25) is 5.91 Å². The monoisotopic (exact) mass is 274 g/mol. The minimum Gasteiger partial charge on any atom is -0.315 e. The van der Waals surface area contributed by atoms with E-state index in [1.54, 1.807) is 6.07 Å². The van der Waals surface area contributed by atoms with Crippen molar-refractivity contribution in [2.45, 2.75) is 32.7 Å². The fraction of sp³-hybridized carbons (Fsp3) is 0.500. The second kappa shape index (κ2) is 6.18. The Bertz CT molecular complexity index is 513. The quantitative estimate of drug-likeness (QED) is 0.834. The maximum absolute atomic E-state index is 12.5. The summed E-state index contributed by atoms with van der Waals surface area (Å²) in [5.41, 5.74) is 1.49. The summed E-state index contributed by atoms with van der Waals surface area (Å²) < 4.78 is 0. The molecule has 4 nitrogen and oxygen atoms in total. The van der Waals surface area contributed by atoms with Crippen LogP contribution in [-0.4, -0.2) is 36.3 Å². The molecule has 108 valence electrons. The topological polar surface area (TPSA) is 49.4 Å². The highest BCUT2D eigenvalue weighted by atomic mass is 16.2. The summed E-state index contributed by atoms with van der Waals surface area (Å²) in [6.07, 6.45) is 1.33. The minimum atomic E-state index is -0.166. The highest BCUT2D eigenvalue weighted by molar-refractivity contribution is 6.09. The van der Waals surface area contributed by atoms with Crippen molar-refractivity contribution in [1.82, 2.24) is 10.2 Å². The summed E-state index contributed by atoms with van der Waals surface area (Å²) in [5, 5.41) is 3.22. The highest BCUT2D eigenvalue weighted by Crippen LogP contribution is 2.21. The maximum atomic E-state index is 12.5. The molecule has 0 spiro atoms. The predicted molar refractivity (Wildman–Crippen MR) is 78.5 cm³/mol. The van der Waals surface area contributed by atoms with E-state index in [0.29, 0.717) is 24.4 Å². The normalized spacial score (nSPS) is 17.9. The molecule has 2 rings (SSSR count). The van der Waals surface area contributed by atoms with E-state index in [1.165, 1.54) is 4.90 Å². The highest BCUT2D eigenvalue weighted by Gasteiger charge is 2.32. The van der Waals surface area contributed by atoms with Gasteiger partial charge in [-0.1, -0.05) is 38.5 Å². The van der Waals surface area contributed by atoms with E-state index >= 15 is 0 Å². The van der Waals surface area contributed by atoms with Crippen LogP contribution in [0.3, 0.4) is 0 Å². The number of fused-ring (bicyclic) bond motifs is 1. The van der Waals surface area contributed by atoms with Crippen LogP contribution in [0.1, 0.15) is 36.2 Å². The zero-order valence-electron chi connectivity index (χ0n) is 12.3. The average molecular weight is 274 g/mol. The molecule has 0 bridgehead atoms. The van der Waals surface area contributed by atoms with Gasteiger partial charge in [0.1, 0.15) is 0 Å². The second-order valence-corrected chi connectivity index (χ2v) is 5.42. The van der Waals surface area contributed by atoms with Gasteiger partial charge in [-0.2, -0.15) is 0 Å². The number of benzene rings is 1. The summed E-state index contributed by atoms with van der Waals surface area (Å²) in [7, 11) is 1.88. The lowest BCUT2D eigenvalue weighted by Crippen LogP contribution is -2.50. The molecule has 2 unspecified atom stereocenters. The third-order valence-corrected chi connectivity index (χ3v) is 4.22. The SMILES string of the molecule is CCC(C)C(CN1C(=O)Cc2ccccc2C1=O)NC. The lowest BCUT2D eigenvalue weighted by Gasteiger charge is -2.32. The molecule has 1 aromatic rings. The Balaban J connectivity index is 2.21. The van der Waals surface area contributed by atoms with Crippen LogP contribution in [0, 0.1) is 5.92 Å². The molecule has 1 heterocycles. The van der Waals surface area contributed by atoms with E-state index in [2.05, 4.69) is 19.2 Å². The van der Waals surface area contributed by atoms with Crippen LogP contribution in [0.15, 0.2) is 24.3 Å². The summed E-state index contributed by atoms with van der Waals surface area (Å²) >= 11 is 0. The van der Waals surface area contributed by atoms with Crippen molar-refractivity contribution < 1.29 is 9.59 Å². The molecule has 4 heteroatoms. The van der Waals surface area contributed by atoms with Crippen LogP contribution in [0.2, 0.25) is 0 Å². The smallest absolute Gasteiger partial charge is 0.260 e. The van der Waals surface area contributed by atoms with Gasteiger partial charge in [-0.25, -0.2) is 0 Å². The summed E-state index contributed by atoms with van der Waals surface area (Å²) in [5.74, 6) is 0.149. The average Bonchev–Trinajstić information content (AvgIpc) is 2.46. The number of amides is 2. The van der Waals surface area contributed by atoms with Crippen molar-refractivity contribution in [3.05, 3.63) is 35.4 Å². The van der Waals surface area contributed by atoms with Crippen LogP contribution in [0.5, 0.6) is 0 Å². The molecule has 1 aliphatic rings. The van der Waals surface area contributed by atoms with Crippen LogP contribution >= 0.6 is 0 Å². The number of nitrogens with zero attached hydrogens (tertiary/aromatic N) is 1. The zero-order valence-corrected chi connectivity index (χ0v) is 12.3. The number of carbonyl (C=O) groups excluding carboxylic acids is 2. The molecular weight excluding hydrogens is 252 g/mol. The maximum Gasteiger partial charge on any atom is 0.260 e. The van der Waals surface area contributed by atoms with Gasteiger partial charge in [0.05, 0.1) is 6.42 Å². The summed E-state index contributed by atoms with van der Waals surface area (Å²) in [6.45, 7) is 4.69. The number of imide groups is 1. The van der Waals surface area contributed by atoms with Crippen molar-refractivity contribution in [3.8, 4) is 0 Å². The van der Waals surface area contributed by atoms with E-state index in [4.69, 9.17) is 0 Å². The fourth-order valence-electron chi connectivity index (χ4n) is 2.62. The summed E-state index contributed by atoms with van der Waals surface area (Å²) in [4.78, 5) is 26.1. The van der Waals surface area contributed by atoms with Crippen LogP contribution in [0.4, 0.5) is 0 Å². The van der Waals surface area contributed by atoms with Gasteiger partial charge in [-0.15, -0.1) is 0 Å². The Labute approximate surface area is 120 Å². The van der Waals surface area contributed by atoms with E-state index < -0.39 is 0 Å². The van der Waals surface area contributed by atoms with Gasteiger partial charge in [0.25, 0.3) is 5.91 Å². The molecule has 0 fully saturated rings. The molecule has 0 aliphatic carbocycles. The number of hydrogen-bond donors (Lipinski definition) is 1. The molecule has 2 atom stereocenters. The van der Waals surface area contributed by atoms with Crippen molar-refractivity contribution in [2.24, 2.45) is 5.92 Å². The molecular formula is C16H22N2O2.